The molecule has 11 heavy (non-hydrogen) atoms. The first kappa shape index (κ1) is 8.07. The summed E-state index contributed by atoms with van der Waals surface area (Å²) in [6.07, 6.45) is 0.822. The lowest BCUT2D eigenvalue weighted by Crippen LogP contribution is -2.17. The zero-order chi connectivity index (χ0) is 8.43. The van der Waals surface area contributed by atoms with E-state index in [0.29, 0.717) is 12.1 Å². The Morgan fingerprint density at radius 2 is 2.27 bits per heavy atom. The van der Waals surface area contributed by atoms with Gasteiger partial charge in [-0.25, -0.2) is 0 Å². The van der Waals surface area contributed by atoms with Gasteiger partial charge < -0.3 is 5.73 Å². The van der Waals surface area contributed by atoms with Crippen molar-refractivity contribution >= 4 is 0 Å². The molecule has 0 aliphatic heterocycles. The van der Waals surface area contributed by atoms with Gasteiger partial charge in [-0.05, 0) is 6.42 Å². The summed E-state index contributed by atoms with van der Waals surface area (Å²) < 4.78 is 1.46. The summed E-state index contributed by atoms with van der Waals surface area (Å²) in [5.74, 6) is 0. The number of nitrogens with zero attached hydrogens (tertiary/aromatic N) is 1. The Morgan fingerprint density at radius 3 is 2.64 bits per heavy atom. The number of hydrogen-bond donors (Lipinski definition) is 2. The third kappa shape index (κ3) is 1.21. The molecule has 1 heterocycles. The lowest BCUT2D eigenvalue weighted by molar-refractivity contribution is 0.722. The maximum atomic E-state index is 11.2. The van der Waals surface area contributed by atoms with Gasteiger partial charge in [0.25, 0.3) is 5.56 Å². The monoisotopic (exact) mass is 155 g/mol. The average molecular weight is 155 g/mol. The van der Waals surface area contributed by atoms with Crippen LogP contribution >= 0.6 is 0 Å². The van der Waals surface area contributed by atoms with Crippen LogP contribution in [-0.4, -0.2) is 9.78 Å². The molecule has 0 saturated carbocycles. The van der Waals surface area contributed by atoms with E-state index >= 15 is 0 Å². The highest BCUT2D eigenvalue weighted by molar-refractivity contribution is 5.16. The van der Waals surface area contributed by atoms with Crippen molar-refractivity contribution in [3.63, 3.8) is 0 Å². The van der Waals surface area contributed by atoms with Gasteiger partial charge in [0.1, 0.15) is 0 Å². The molecule has 0 radical (unpaired) electrons. The fourth-order valence-electron chi connectivity index (χ4n) is 1.16. The molecule has 0 unspecified atom stereocenters. The summed E-state index contributed by atoms with van der Waals surface area (Å²) in [5.41, 5.74) is 7.05. The van der Waals surface area contributed by atoms with E-state index in [4.69, 9.17) is 5.73 Å². The van der Waals surface area contributed by atoms with E-state index in [0.717, 1.165) is 12.1 Å². The number of aryl methyl sites for hydroxylation is 2. The van der Waals surface area contributed by atoms with E-state index in [1.165, 1.54) is 4.68 Å². The minimum atomic E-state index is -0.00986. The number of hydrogen-bond acceptors (Lipinski definition) is 2. The van der Waals surface area contributed by atoms with Crippen LogP contribution < -0.4 is 11.3 Å². The first-order valence-corrected chi connectivity index (χ1v) is 3.67. The molecule has 1 aromatic heterocycles. The van der Waals surface area contributed by atoms with Crippen LogP contribution in [0.5, 0.6) is 0 Å². The van der Waals surface area contributed by atoms with Crippen LogP contribution in [-0.2, 0) is 20.0 Å². The largest absolute Gasteiger partial charge is 0.326 e. The van der Waals surface area contributed by atoms with Crippen LogP contribution in [0.25, 0.3) is 0 Å². The molecule has 1 rings (SSSR count). The molecule has 0 aromatic carbocycles. The van der Waals surface area contributed by atoms with E-state index in [2.05, 4.69) is 5.10 Å². The number of aromatic amines is 1. The standard InChI is InChI=1S/C7H13N3O/c1-3-6-5(4-8)7(11)10(2)9-6/h9H,3-4,8H2,1-2H3. The fraction of sp³-hybridized carbons (Fsp3) is 0.571. The summed E-state index contributed by atoms with van der Waals surface area (Å²) in [5, 5.41) is 2.94. The predicted molar refractivity (Wildman–Crippen MR) is 43.3 cm³/mol. The van der Waals surface area contributed by atoms with Gasteiger partial charge in [-0.1, -0.05) is 6.92 Å². The van der Waals surface area contributed by atoms with E-state index in [-0.39, 0.29) is 5.56 Å². The molecule has 0 amide bonds. The van der Waals surface area contributed by atoms with Crippen molar-refractivity contribution in [2.24, 2.45) is 12.8 Å². The van der Waals surface area contributed by atoms with Crippen LogP contribution in [0.15, 0.2) is 4.79 Å². The number of aromatic nitrogens is 2. The molecule has 0 atom stereocenters. The van der Waals surface area contributed by atoms with Crippen molar-refractivity contribution in [1.82, 2.24) is 9.78 Å². The van der Waals surface area contributed by atoms with Crippen LogP contribution in [0.1, 0.15) is 18.2 Å². The highest BCUT2D eigenvalue weighted by atomic mass is 16.1. The third-order valence-corrected chi connectivity index (χ3v) is 1.79. The Kier molecular flexibility index (Phi) is 2.14. The Bertz CT molecular complexity index is 297. The lowest BCUT2D eigenvalue weighted by Gasteiger charge is -1.91. The van der Waals surface area contributed by atoms with Crippen LogP contribution in [0.4, 0.5) is 0 Å². The molecule has 62 valence electrons. The van der Waals surface area contributed by atoms with Crippen molar-refractivity contribution in [2.75, 3.05) is 0 Å². The SMILES string of the molecule is CCc1[nH]n(C)c(=O)c1CN. The van der Waals surface area contributed by atoms with Gasteiger partial charge in [-0.3, -0.25) is 14.6 Å². The Balaban J connectivity index is 3.27. The minimum absolute atomic E-state index is 0.00986. The maximum absolute atomic E-state index is 11.2. The van der Waals surface area contributed by atoms with Gasteiger partial charge in [-0.2, -0.15) is 0 Å². The Hall–Kier alpha value is -1.03. The van der Waals surface area contributed by atoms with Gasteiger partial charge in [0.05, 0.1) is 5.56 Å². The van der Waals surface area contributed by atoms with Crippen molar-refractivity contribution in [2.45, 2.75) is 19.9 Å². The zero-order valence-corrected chi connectivity index (χ0v) is 6.85. The molecule has 0 aliphatic rings. The molecular weight excluding hydrogens is 142 g/mol. The van der Waals surface area contributed by atoms with E-state index < -0.39 is 0 Å². The number of nitrogens with two attached hydrogens (primary N) is 1. The number of nitrogens with one attached hydrogen (secondary N) is 1. The Labute approximate surface area is 65.0 Å². The lowest BCUT2D eigenvalue weighted by atomic mass is 10.2. The molecule has 4 nitrogen and oxygen atoms in total. The van der Waals surface area contributed by atoms with Gasteiger partial charge in [0.15, 0.2) is 0 Å². The molecule has 0 spiro atoms. The quantitative estimate of drug-likeness (QED) is 0.617. The average Bonchev–Trinajstić information content (AvgIpc) is 2.28. The molecule has 0 bridgehead atoms. The van der Waals surface area contributed by atoms with Crippen molar-refractivity contribution in [1.29, 1.82) is 0 Å². The van der Waals surface area contributed by atoms with Crippen LogP contribution in [0, 0.1) is 0 Å². The van der Waals surface area contributed by atoms with E-state index in [9.17, 15) is 4.79 Å². The highest BCUT2D eigenvalue weighted by Gasteiger charge is 2.07. The van der Waals surface area contributed by atoms with Gasteiger partial charge in [-0.15, -0.1) is 0 Å². The first-order valence-electron chi connectivity index (χ1n) is 3.67. The minimum Gasteiger partial charge on any atom is -0.326 e. The zero-order valence-electron chi connectivity index (χ0n) is 6.85. The summed E-state index contributed by atoms with van der Waals surface area (Å²) in [6, 6.07) is 0. The third-order valence-electron chi connectivity index (χ3n) is 1.79. The summed E-state index contributed by atoms with van der Waals surface area (Å²) in [4.78, 5) is 11.2. The van der Waals surface area contributed by atoms with Gasteiger partial charge in [0, 0.05) is 19.3 Å². The maximum Gasteiger partial charge on any atom is 0.270 e. The van der Waals surface area contributed by atoms with Gasteiger partial charge in [0.2, 0.25) is 0 Å². The van der Waals surface area contributed by atoms with Crippen molar-refractivity contribution in [3.05, 3.63) is 21.6 Å². The topological polar surface area (TPSA) is 63.8 Å². The fourth-order valence-corrected chi connectivity index (χ4v) is 1.16. The summed E-state index contributed by atoms with van der Waals surface area (Å²) in [6.45, 7) is 2.31. The van der Waals surface area contributed by atoms with E-state index in [1.54, 1.807) is 7.05 Å². The molecule has 0 aliphatic carbocycles. The summed E-state index contributed by atoms with van der Waals surface area (Å²) in [7, 11) is 1.70. The number of H-pyrrole nitrogens is 1. The summed E-state index contributed by atoms with van der Waals surface area (Å²) >= 11 is 0. The highest BCUT2D eigenvalue weighted by Crippen LogP contribution is 1.99. The molecule has 3 N–H and O–H groups in total. The molecular formula is C7H13N3O. The second-order valence-electron chi connectivity index (χ2n) is 2.49. The van der Waals surface area contributed by atoms with Crippen LogP contribution in [0.3, 0.4) is 0 Å². The van der Waals surface area contributed by atoms with Crippen molar-refractivity contribution in [3.8, 4) is 0 Å². The van der Waals surface area contributed by atoms with Gasteiger partial charge >= 0.3 is 0 Å². The second-order valence-corrected chi connectivity index (χ2v) is 2.49. The molecule has 0 saturated heterocycles. The van der Waals surface area contributed by atoms with Crippen molar-refractivity contribution < 1.29 is 0 Å². The van der Waals surface area contributed by atoms with E-state index in [1.807, 2.05) is 6.92 Å². The number of rotatable bonds is 2. The van der Waals surface area contributed by atoms with Crippen LogP contribution in [0.2, 0.25) is 0 Å². The smallest absolute Gasteiger partial charge is 0.270 e. The normalized spacial score (nSPS) is 10.5. The Morgan fingerprint density at radius 1 is 1.64 bits per heavy atom. The predicted octanol–water partition coefficient (Wildman–Crippen LogP) is -0.265. The second kappa shape index (κ2) is 2.92. The molecule has 1 aromatic rings. The molecule has 0 fully saturated rings. The molecule has 4 heteroatoms. The first-order chi connectivity index (χ1) is 5.20.